The van der Waals surface area contributed by atoms with Gasteiger partial charge >= 0.3 is 6.18 Å². The first-order valence-electron chi connectivity index (χ1n) is 18.2. The molecule has 0 aliphatic carbocycles. The summed E-state index contributed by atoms with van der Waals surface area (Å²) in [5, 5.41) is 23.8. The number of pyridine rings is 2. The highest BCUT2D eigenvalue weighted by atomic mass is 35.5. The van der Waals surface area contributed by atoms with E-state index >= 15 is 0 Å². The fourth-order valence-corrected chi connectivity index (χ4v) is 8.67. The topological polar surface area (TPSA) is 203 Å². The first-order chi connectivity index (χ1) is 30.2. The molecule has 0 amide bonds. The minimum absolute atomic E-state index is 0.0137. The Balaban J connectivity index is 0.000000213. The van der Waals surface area contributed by atoms with E-state index in [0.717, 1.165) is 30.1 Å². The Morgan fingerprint density at radius 2 is 1.48 bits per heavy atom. The first-order valence-corrected chi connectivity index (χ1v) is 22.3. The third-order valence-electron chi connectivity index (χ3n) is 8.52. The summed E-state index contributed by atoms with van der Waals surface area (Å²) in [6.45, 7) is 4.21. The Kier molecular flexibility index (Phi) is 14.4. The van der Waals surface area contributed by atoms with Crippen LogP contribution in [0.2, 0.25) is 15.1 Å². The second-order valence-electron chi connectivity index (χ2n) is 13.2. The Morgan fingerprint density at radius 1 is 0.781 bits per heavy atom. The van der Waals surface area contributed by atoms with E-state index in [-0.39, 0.29) is 37.0 Å². The van der Waals surface area contributed by atoms with Gasteiger partial charge in [-0.2, -0.15) is 17.9 Å². The van der Waals surface area contributed by atoms with E-state index in [1.807, 2.05) is 13.8 Å². The highest BCUT2D eigenvalue weighted by Gasteiger charge is 2.32. The zero-order chi connectivity index (χ0) is 46.4. The Bertz CT molecular complexity index is 3020. The molecule has 4 aromatic carbocycles. The molecule has 3 heterocycles. The summed E-state index contributed by atoms with van der Waals surface area (Å²) in [6, 6.07) is 19.8. The number of halogens is 6. The van der Waals surface area contributed by atoms with Gasteiger partial charge in [0, 0.05) is 30.6 Å². The van der Waals surface area contributed by atoms with E-state index in [4.69, 9.17) is 49.0 Å². The number of hydrogen-bond donors (Lipinski definition) is 2. The number of methoxy groups -OCH3 is 1. The number of ether oxygens (including phenoxy) is 3. The third kappa shape index (κ3) is 11.8. The monoisotopic (exact) mass is 978 g/mol. The second kappa shape index (κ2) is 19.6. The molecule has 0 radical (unpaired) electrons. The first kappa shape index (κ1) is 47.1. The van der Waals surface area contributed by atoms with Crippen LogP contribution < -0.4 is 28.4 Å². The molecule has 0 bridgehead atoms. The van der Waals surface area contributed by atoms with Crippen LogP contribution in [-0.2, 0) is 32.8 Å². The Hall–Kier alpha value is -6.39. The number of nitrogens with one attached hydrogen (secondary N) is 2. The van der Waals surface area contributed by atoms with Gasteiger partial charge in [0.05, 0.1) is 45.1 Å². The molecule has 2 N–H and O–H groups in total. The molecule has 0 saturated carbocycles. The van der Waals surface area contributed by atoms with E-state index in [1.54, 1.807) is 41.1 Å². The number of sulfonamides is 2. The number of aryl methyl sites for hydroxylation is 2. The number of anilines is 2. The highest BCUT2D eigenvalue weighted by Crippen LogP contribution is 2.39. The van der Waals surface area contributed by atoms with Crippen molar-refractivity contribution >= 4 is 66.2 Å². The summed E-state index contributed by atoms with van der Waals surface area (Å²) in [6.07, 6.45) is 0.280. The van der Waals surface area contributed by atoms with Crippen LogP contribution in [0.1, 0.15) is 18.1 Å². The third-order valence-corrected chi connectivity index (χ3v) is 12.2. The summed E-state index contributed by atoms with van der Waals surface area (Å²) in [5.74, 6) is 1.21. The summed E-state index contributed by atoms with van der Waals surface area (Å²) in [5.41, 5.74) is 0.0193. The van der Waals surface area contributed by atoms with Gasteiger partial charge in [-0.1, -0.05) is 40.9 Å². The van der Waals surface area contributed by atoms with E-state index in [9.17, 15) is 35.2 Å². The van der Waals surface area contributed by atoms with Crippen LogP contribution in [0.5, 0.6) is 28.7 Å². The maximum atomic E-state index is 13.2. The van der Waals surface area contributed by atoms with Gasteiger partial charge in [0.1, 0.15) is 27.2 Å². The van der Waals surface area contributed by atoms with Crippen molar-refractivity contribution in [3.8, 4) is 40.1 Å². The van der Waals surface area contributed by atoms with Crippen molar-refractivity contribution in [1.29, 1.82) is 0 Å². The van der Waals surface area contributed by atoms with Crippen LogP contribution in [-0.4, -0.2) is 49.1 Å². The van der Waals surface area contributed by atoms with Crippen LogP contribution in [0.4, 0.5) is 24.5 Å². The van der Waals surface area contributed by atoms with Gasteiger partial charge in [-0.15, -0.1) is 5.10 Å². The van der Waals surface area contributed by atoms with Crippen LogP contribution in [0.15, 0.2) is 126 Å². The summed E-state index contributed by atoms with van der Waals surface area (Å²) in [4.78, 5) is 3.77. The maximum Gasteiger partial charge on any atom is 0.416 e. The fourth-order valence-electron chi connectivity index (χ4n) is 5.59. The van der Waals surface area contributed by atoms with Crippen molar-refractivity contribution < 1.29 is 48.9 Å². The van der Waals surface area contributed by atoms with Crippen molar-refractivity contribution in [3.05, 3.63) is 147 Å². The summed E-state index contributed by atoms with van der Waals surface area (Å²) >= 11 is 18.0. The molecule has 0 saturated heterocycles. The maximum absolute atomic E-state index is 13.2. The second-order valence-corrected chi connectivity index (χ2v) is 17.8. The number of tetrazole rings is 1. The molecule has 7 rings (SSSR count). The Morgan fingerprint density at radius 3 is 2.14 bits per heavy atom. The summed E-state index contributed by atoms with van der Waals surface area (Å²) in [7, 11) is -6.83. The highest BCUT2D eigenvalue weighted by molar-refractivity contribution is 7.93. The molecular formula is C40H32Cl3F3N8O8S2. The molecule has 0 atom stereocenters. The molecule has 0 fully saturated rings. The zero-order valence-corrected chi connectivity index (χ0v) is 37.1. The number of nitrogens with zero attached hydrogens (tertiary/aromatic N) is 6. The molecule has 3 aromatic heterocycles. The standard InChI is InChI=1S/C21H18Cl2N6O3S.C19H14ClF3N2O5S/c1-3-29-21(25-27-28-29)17-10-15(5-6-19(17)32-16-9-14(22)11-24-12-16)26-33(30,31)20-7-4-13(2)8-18(20)23;1-29-14-3-5-16(6-4-14)31(27,28)24-17-8-12(19(21,22)23)2-7-18(17)30-15-9-13(20)10-25(26)11-15/h4-12,26H,3H2,1-2H3;2-11,24H,1H3. The quantitative estimate of drug-likeness (QED) is 0.0819. The van der Waals surface area contributed by atoms with Gasteiger partial charge in [-0.3, -0.25) is 14.4 Å². The average molecular weight is 980 g/mol. The van der Waals surface area contributed by atoms with Crippen molar-refractivity contribution in [1.82, 2.24) is 25.2 Å². The smallest absolute Gasteiger partial charge is 0.416 e. The molecule has 0 aliphatic rings. The van der Waals surface area contributed by atoms with Crippen molar-refractivity contribution in [2.75, 3.05) is 16.6 Å². The van der Waals surface area contributed by atoms with E-state index in [1.165, 1.54) is 55.9 Å². The van der Waals surface area contributed by atoms with Crippen LogP contribution in [0.3, 0.4) is 0 Å². The zero-order valence-electron chi connectivity index (χ0n) is 33.2. The number of alkyl halides is 3. The normalized spacial score (nSPS) is 11.6. The van der Waals surface area contributed by atoms with Crippen LogP contribution >= 0.6 is 34.8 Å². The van der Waals surface area contributed by atoms with Crippen molar-refractivity contribution in [2.24, 2.45) is 0 Å². The van der Waals surface area contributed by atoms with E-state index < -0.39 is 37.5 Å². The molecule has 0 aliphatic heterocycles. The minimum atomic E-state index is -4.73. The van der Waals surface area contributed by atoms with E-state index in [2.05, 4.69) is 30.0 Å². The van der Waals surface area contributed by atoms with Gasteiger partial charge in [-0.25, -0.2) is 21.5 Å². The van der Waals surface area contributed by atoms with Gasteiger partial charge in [0.2, 0.25) is 6.20 Å². The number of rotatable bonds is 13. The molecule has 16 nitrogen and oxygen atoms in total. The van der Waals surface area contributed by atoms with Crippen molar-refractivity contribution in [2.45, 2.75) is 36.4 Å². The minimum Gasteiger partial charge on any atom is -0.619 e. The van der Waals surface area contributed by atoms with Crippen LogP contribution in [0.25, 0.3) is 11.4 Å². The van der Waals surface area contributed by atoms with Gasteiger partial charge in [-0.05, 0) is 103 Å². The summed E-state index contributed by atoms with van der Waals surface area (Å²) < 4.78 is 114. The molecule has 24 heteroatoms. The lowest BCUT2D eigenvalue weighted by Crippen LogP contribution is -2.24. The van der Waals surface area contributed by atoms with Crippen LogP contribution in [0, 0.1) is 12.1 Å². The van der Waals surface area contributed by atoms with Gasteiger partial charge in [0.15, 0.2) is 23.5 Å². The lowest BCUT2D eigenvalue weighted by Gasteiger charge is -2.16. The largest absolute Gasteiger partial charge is 0.619 e. The fraction of sp³-hybridized carbons (Fsp3) is 0.125. The Labute approximate surface area is 378 Å². The molecular weight excluding hydrogens is 948 g/mol. The molecule has 334 valence electrons. The molecule has 0 unspecified atom stereocenters. The number of hydrogen-bond acceptors (Lipinski definition) is 12. The van der Waals surface area contributed by atoms with Gasteiger partial charge < -0.3 is 19.4 Å². The number of aromatic nitrogens is 6. The predicted molar refractivity (Wildman–Crippen MR) is 231 cm³/mol. The lowest BCUT2D eigenvalue weighted by molar-refractivity contribution is -0.605. The lowest BCUT2D eigenvalue weighted by atomic mass is 10.1. The molecule has 7 aromatic rings. The predicted octanol–water partition coefficient (Wildman–Crippen LogP) is 9.56. The number of benzene rings is 4. The van der Waals surface area contributed by atoms with Gasteiger partial charge in [0.25, 0.3) is 20.0 Å². The average Bonchev–Trinajstić information content (AvgIpc) is 3.70. The van der Waals surface area contributed by atoms with E-state index in [0.29, 0.717) is 51.0 Å². The van der Waals surface area contributed by atoms with Crippen molar-refractivity contribution in [3.63, 3.8) is 0 Å². The SMILES string of the molecule is CCn1nnnc1-c1cc(NS(=O)(=O)c2ccc(C)cc2Cl)ccc1Oc1cncc(Cl)c1.COc1ccc(S(=O)(=O)Nc2cc(C(F)(F)F)ccc2Oc2cc(Cl)c[n+]([O-])c2)cc1. The molecule has 64 heavy (non-hydrogen) atoms. The molecule has 0 spiro atoms.